The molecule has 1 amide bonds. The third-order valence-electron chi connectivity index (χ3n) is 2.88. The molecular formula is C11H25Cl2N3O. The van der Waals surface area contributed by atoms with Crippen LogP contribution in [0.3, 0.4) is 0 Å². The van der Waals surface area contributed by atoms with Crippen LogP contribution in [-0.4, -0.2) is 53.5 Å². The van der Waals surface area contributed by atoms with Gasteiger partial charge in [-0.1, -0.05) is 0 Å². The van der Waals surface area contributed by atoms with Crippen LogP contribution >= 0.6 is 24.8 Å². The van der Waals surface area contributed by atoms with E-state index in [-0.39, 0.29) is 30.7 Å². The summed E-state index contributed by atoms with van der Waals surface area (Å²) in [5.41, 5.74) is 5.06. The lowest BCUT2D eigenvalue weighted by Crippen LogP contribution is -2.57. The van der Waals surface area contributed by atoms with Crippen LogP contribution in [-0.2, 0) is 4.79 Å². The van der Waals surface area contributed by atoms with Gasteiger partial charge in [-0.3, -0.25) is 9.69 Å². The van der Waals surface area contributed by atoms with Gasteiger partial charge >= 0.3 is 0 Å². The Labute approximate surface area is 117 Å². The molecule has 4 nitrogen and oxygen atoms in total. The molecule has 1 fully saturated rings. The second kappa shape index (κ2) is 7.41. The minimum absolute atomic E-state index is 0. The van der Waals surface area contributed by atoms with E-state index in [1.807, 2.05) is 4.90 Å². The number of hydrogen-bond acceptors (Lipinski definition) is 3. The van der Waals surface area contributed by atoms with E-state index in [0.717, 1.165) is 26.2 Å². The van der Waals surface area contributed by atoms with E-state index in [0.29, 0.717) is 6.04 Å². The molecule has 0 saturated carbocycles. The van der Waals surface area contributed by atoms with Crippen molar-refractivity contribution in [3.8, 4) is 0 Å². The topological polar surface area (TPSA) is 49.6 Å². The van der Waals surface area contributed by atoms with Crippen LogP contribution in [0.5, 0.6) is 0 Å². The maximum atomic E-state index is 11.9. The molecule has 0 aliphatic carbocycles. The Kier molecular flexibility index (Phi) is 8.42. The first kappa shape index (κ1) is 19.3. The molecule has 17 heavy (non-hydrogen) atoms. The Morgan fingerprint density at radius 1 is 1.12 bits per heavy atom. The summed E-state index contributed by atoms with van der Waals surface area (Å²) < 4.78 is 0. The number of amides is 1. The fourth-order valence-electron chi connectivity index (χ4n) is 1.85. The van der Waals surface area contributed by atoms with Gasteiger partial charge in [0.05, 0.1) is 5.54 Å². The average Bonchev–Trinajstić information content (AvgIpc) is 2.15. The highest BCUT2D eigenvalue weighted by Gasteiger charge is 2.30. The Hall–Kier alpha value is -0.0300. The van der Waals surface area contributed by atoms with Crippen LogP contribution < -0.4 is 5.73 Å². The van der Waals surface area contributed by atoms with Gasteiger partial charge < -0.3 is 10.6 Å². The third-order valence-corrected chi connectivity index (χ3v) is 2.88. The van der Waals surface area contributed by atoms with Crippen LogP contribution in [0.2, 0.25) is 0 Å². The molecule has 1 saturated heterocycles. The summed E-state index contributed by atoms with van der Waals surface area (Å²) in [6.45, 7) is 11.4. The van der Waals surface area contributed by atoms with Gasteiger partial charge in [-0.05, 0) is 27.7 Å². The molecule has 0 spiro atoms. The number of rotatable bonds is 2. The molecule has 1 aliphatic rings. The monoisotopic (exact) mass is 285 g/mol. The van der Waals surface area contributed by atoms with E-state index in [9.17, 15) is 4.79 Å². The fourth-order valence-corrected chi connectivity index (χ4v) is 1.85. The predicted molar refractivity (Wildman–Crippen MR) is 76.1 cm³/mol. The zero-order valence-electron chi connectivity index (χ0n) is 11.1. The van der Waals surface area contributed by atoms with Gasteiger partial charge in [0.1, 0.15) is 0 Å². The molecule has 6 heteroatoms. The van der Waals surface area contributed by atoms with Crippen molar-refractivity contribution in [3.05, 3.63) is 0 Å². The fraction of sp³-hybridized carbons (Fsp3) is 0.909. The van der Waals surface area contributed by atoms with E-state index in [1.165, 1.54) is 0 Å². The van der Waals surface area contributed by atoms with Gasteiger partial charge in [0, 0.05) is 32.2 Å². The summed E-state index contributed by atoms with van der Waals surface area (Å²) >= 11 is 0. The highest BCUT2D eigenvalue weighted by molar-refractivity contribution is 5.86. The molecule has 0 atom stereocenters. The number of carbonyl (C=O) groups excluding carboxylic acids is 1. The molecule has 1 aliphatic heterocycles. The Morgan fingerprint density at radius 2 is 1.53 bits per heavy atom. The highest BCUT2D eigenvalue weighted by Crippen LogP contribution is 2.10. The van der Waals surface area contributed by atoms with Crippen molar-refractivity contribution < 1.29 is 4.79 Å². The number of nitrogens with zero attached hydrogens (tertiary/aromatic N) is 2. The first-order chi connectivity index (χ1) is 6.82. The van der Waals surface area contributed by atoms with Gasteiger partial charge in [-0.25, -0.2) is 0 Å². The standard InChI is InChI=1S/C11H23N3O.2ClH/c1-9(2)13-5-7-14(8-6-13)10(15)11(3,4)12;;/h9H,5-8,12H2,1-4H3;2*1H. The van der Waals surface area contributed by atoms with E-state index in [4.69, 9.17) is 5.73 Å². The van der Waals surface area contributed by atoms with Crippen molar-refractivity contribution >= 4 is 30.7 Å². The minimum atomic E-state index is -0.736. The van der Waals surface area contributed by atoms with E-state index in [1.54, 1.807) is 13.8 Å². The number of carbonyl (C=O) groups is 1. The van der Waals surface area contributed by atoms with Gasteiger partial charge in [0.15, 0.2) is 0 Å². The third kappa shape index (κ3) is 5.42. The normalized spacial score (nSPS) is 17.4. The van der Waals surface area contributed by atoms with Crippen molar-refractivity contribution in [2.24, 2.45) is 5.73 Å². The molecule has 0 aromatic carbocycles. The van der Waals surface area contributed by atoms with Crippen molar-refractivity contribution in [2.45, 2.75) is 39.3 Å². The summed E-state index contributed by atoms with van der Waals surface area (Å²) in [5, 5.41) is 0. The van der Waals surface area contributed by atoms with Crippen molar-refractivity contribution in [2.75, 3.05) is 26.2 Å². The summed E-state index contributed by atoms with van der Waals surface area (Å²) in [6, 6.07) is 0.563. The molecular weight excluding hydrogens is 261 g/mol. The van der Waals surface area contributed by atoms with Gasteiger partial charge in [0.25, 0.3) is 0 Å². The predicted octanol–water partition coefficient (Wildman–Crippen LogP) is 1.12. The van der Waals surface area contributed by atoms with Gasteiger partial charge in [0.2, 0.25) is 5.91 Å². The van der Waals surface area contributed by atoms with E-state index < -0.39 is 5.54 Å². The second-order valence-corrected chi connectivity index (χ2v) is 5.14. The maximum absolute atomic E-state index is 11.9. The molecule has 1 heterocycles. The van der Waals surface area contributed by atoms with Crippen LogP contribution in [0.25, 0.3) is 0 Å². The minimum Gasteiger partial charge on any atom is -0.339 e. The van der Waals surface area contributed by atoms with Crippen LogP contribution in [0.15, 0.2) is 0 Å². The Bertz CT molecular complexity index is 233. The Balaban J connectivity index is 0. The summed E-state index contributed by atoms with van der Waals surface area (Å²) in [4.78, 5) is 16.1. The molecule has 0 aromatic heterocycles. The lowest BCUT2D eigenvalue weighted by molar-refractivity contribution is -0.137. The van der Waals surface area contributed by atoms with E-state index >= 15 is 0 Å². The van der Waals surface area contributed by atoms with Crippen molar-refractivity contribution in [3.63, 3.8) is 0 Å². The lowest BCUT2D eigenvalue weighted by Gasteiger charge is -2.39. The van der Waals surface area contributed by atoms with Crippen LogP contribution in [0.4, 0.5) is 0 Å². The first-order valence-electron chi connectivity index (χ1n) is 5.64. The zero-order chi connectivity index (χ0) is 11.6. The number of halogens is 2. The van der Waals surface area contributed by atoms with Crippen molar-refractivity contribution in [1.82, 2.24) is 9.80 Å². The molecule has 2 N–H and O–H groups in total. The largest absolute Gasteiger partial charge is 0.339 e. The number of hydrogen-bond donors (Lipinski definition) is 1. The SMILES string of the molecule is CC(C)N1CCN(C(=O)C(C)(C)N)CC1.Cl.Cl. The van der Waals surface area contributed by atoms with Gasteiger partial charge in [-0.15, -0.1) is 24.8 Å². The van der Waals surface area contributed by atoms with Gasteiger partial charge in [-0.2, -0.15) is 0 Å². The number of piperazine rings is 1. The molecule has 104 valence electrons. The summed E-state index contributed by atoms with van der Waals surface area (Å²) in [7, 11) is 0. The zero-order valence-corrected chi connectivity index (χ0v) is 12.7. The molecule has 1 rings (SSSR count). The van der Waals surface area contributed by atoms with Crippen LogP contribution in [0.1, 0.15) is 27.7 Å². The summed E-state index contributed by atoms with van der Waals surface area (Å²) in [6.07, 6.45) is 0. The van der Waals surface area contributed by atoms with Crippen LogP contribution in [0, 0.1) is 0 Å². The average molecular weight is 286 g/mol. The van der Waals surface area contributed by atoms with E-state index in [2.05, 4.69) is 18.7 Å². The maximum Gasteiger partial charge on any atom is 0.242 e. The molecule has 0 bridgehead atoms. The molecule has 0 aromatic rings. The Morgan fingerprint density at radius 3 is 1.82 bits per heavy atom. The smallest absolute Gasteiger partial charge is 0.242 e. The van der Waals surface area contributed by atoms with Crippen molar-refractivity contribution in [1.29, 1.82) is 0 Å². The quantitative estimate of drug-likeness (QED) is 0.827. The lowest BCUT2D eigenvalue weighted by atomic mass is 10.0. The first-order valence-corrected chi connectivity index (χ1v) is 5.64. The highest BCUT2D eigenvalue weighted by atomic mass is 35.5. The summed E-state index contributed by atoms with van der Waals surface area (Å²) in [5.74, 6) is 0.0610. The number of nitrogens with two attached hydrogens (primary N) is 1. The second-order valence-electron chi connectivity index (χ2n) is 5.14. The molecule has 0 radical (unpaired) electrons. The molecule has 0 unspecified atom stereocenters.